The third kappa shape index (κ3) is 1.44. The second kappa shape index (κ2) is 3.82. The van der Waals surface area contributed by atoms with Gasteiger partial charge in [0.1, 0.15) is 6.10 Å². The van der Waals surface area contributed by atoms with Crippen LogP contribution < -0.4 is 5.06 Å². The van der Waals surface area contributed by atoms with Crippen molar-refractivity contribution in [1.29, 1.82) is 0 Å². The first-order valence-corrected chi connectivity index (χ1v) is 6.39. The Balaban J connectivity index is 1.86. The van der Waals surface area contributed by atoms with Crippen molar-refractivity contribution in [3.8, 4) is 0 Å². The molecule has 1 aliphatic carbocycles. The predicted molar refractivity (Wildman–Crippen MR) is 71.3 cm³/mol. The molecule has 0 spiro atoms. The fraction of sp³-hybridized carbons (Fsp3) is 0.267. The number of hydrogen-bond donors (Lipinski definition) is 0. The SMILES string of the molecule is C1=C[C@H]2CC[C@@H]1ON2c1cccc2cnccc12. The molecule has 0 N–H and O–H groups in total. The Labute approximate surface area is 106 Å². The molecule has 1 saturated heterocycles. The molecule has 2 aromatic rings. The Morgan fingerprint density at radius 1 is 1.17 bits per heavy atom. The summed E-state index contributed by atoms with van der Waals surface area (Å²) in [5.74, 6) is 0. The quantitative estimate of drug-likeness (QED) is 0.714. The van der Waals surface area contributed by atoms with Gasteiger partial charge in [0, 0.05) is 23.2 Å². The largest absolute Gasteiger partial charge is 0.265 e. The Kier molecular flexibility index (Phi) is 2.14. The maximum absolute atomic E-state index is 6.01. The highest BCUT2D eigenvalue weighted by Gasteiger charge is 2.31. The third-order valence-electron chi connectivity index (χ3n) is 3.74. The summed E-state index contributed by atoms with van der Waals surface area (Å²) in [6, 6.07) is 8.70. The van der Waals surface area contributed by atoms with Crippen molar-refractivity contribution in [3.05, 3.63) is 48.8 Å². The third-order valence-corrected chi connectivity index (χ3v) is 3.74. The molecule has 1 fully saturated rings. The molecule has 2 atom stereocenters. The molecule has 90 valence electrons. The van der Waals surface area contributed by atoms with Crippen molar-refractivity contribution >= 4 is 16.5 Å². The first-order chi connectivity index (χ1) is 8.92. The summed E-state index contributed by atoms with van der Waals surface area (Å²) in [6.07, 6.45) is 10.7. The van der Waals surface area contributed by atoms with E-state index in [1.807, 2.05) is 12.4 Å². The summed E-state index contributed by atoms with van der Waals surface area (Å²) in [7, 11) is 0. The number of rotatable bonds is 1. The van der Waals surface area contributed by atoms with Crippen LogP contribution in [0.15, 0.2) is 48.8 Å². The zero-order valence-corrected chi connectivity index (χ0v) is 9.99. The van der Waals surface area contributed by atoms with Crippen molar-refractivity contribution in [3.63, 3.8) is 0 Å². The molecule has 2 aliphatic heterocycles. The van der Waals surface area contributed by atoms with E-state index in [2.05, 4.69) is 46.5 Å². The molecule has 3 heteroatoms. The molecule has 3 heterocycles. The maximum Gasteiger partial charge on any atom is 0.104 e. The average molecular weight is 238 g/mol. The molecule has 0 radical (unpaired) electrons. The van der Waals surface area contributed by atoms with E-state index >= 15 is 0 Å². The van der Waals surface area contributed by atoms with Gasteiger partial charge in [0.2, 0.25) is 0 Å². The van der Waals surface area contributed by atoms with Crippen molar-refractivity contribution < 1.29 is 4.84 Å². The number of pyridine rings is 1. The van der Waals surface area contributed by atoms with E-state index in [4.69, 9.17) is 4.84 Å². The minimum atomic E-state index is 0.243. The summed E-state index contributed by atoms with van der Waals surface area (Å²) in [6.45, 7) is 0. The number of anilines is 1. The highest BCUT2D eigenvalue weighted by atomic mass is 16.7. The zero-order valence-electron chi connectivity index (χ0n) is 9.99. The summed E-state index contributed by atoms with van der Waals surface area (Å²) in [4.78, 5) is 10.2. The fourth-order valence-electron chi connectivity index (χ4n) is 2.82. The van der Waals surface area contributed by atoms with Crippen LogP contribution in [0.4, 0.5) is 5.69 Å². The van der Waals surface area contributed by atoms with Gasteiger partial charge in [-0.15, -0.1) is 0 Å². The predicted octanol–water partition coefficient (Wildman–Crippen LogP) is 3.07. The molecule has 3 aliphatic rings. The van der Waals surface area contributed by atoms with Crippen LogP contribution >= 0.6 is 0 Å². The number of aromatic nitrogens is 1. The van der Waals surface area contributed by atoms with Crippen LogP contribution in [0, 0.1) is 0 Å². The molecule has 3 nitrogen and oxygen atoms in total. The van der Waals surface area contributed by atoms with E-state index in [9.17, 15) is 0 Å². The summed E-state index contributed by atoms with van der Waals surface area (Å²) < 4.78 is 0. The van der Waals surface area contributed by atoms with Crippen LogP contribution in [-0.4, -0.2) is 17.1 Å². The van der Waals surface area contributed by atoms with Crippen molar-refractivity contribution in [2.24, 2.45) is 0 Å². The average Bonchev–Trinajstić information content (AvgIpc) is 2.48. The molecule has 5 rings (SSSR count). The second-order valence-corrected chi connectivity index (χ2v) is 4.87. The smallest absolute Gasteiger partial charge is 0.104 e. The van der Waals surface area contributed by atoms with Gasteiger partial charge in [-0.3, -0.25) is 9.82 Å². The van der Waals surface area contributed by atoms with Gasteiger partial charge in [0.15, 0.2) is 0 Å². The molecular weight excluding hydrogens is 224 g/mol. The van der Waals surface area contributed by atoms with Gasteiger partial charge in [-0.25, -0.2) is 5.06 Å². The number of fused-ring (bicyclic) bond motifs is 3. The zero-order chi connectivity index (χ0) is 11.9. The van der Waals surface area contributed by atoms with Crippen LogP contribution in [0.25, 0.3) is 10.8 Å². The minimum Gasteiger partial charge on any atom is -0.265 e. The van der Waals surface area contributed by atoms with E-state index in [1.54, 1.807) is 0 Å². The minimum absolute atomic E-state index is 0.243. The Bertz CT molecular complexity index is 617. The fourth-order valence-corrected chi connectivity index (χ4v) is 2.82. The molecule has 0 amide bonds. The van der Waals surface area contributed by atoms with Gasteiger partial charge in [-0.05, 0) is 25.0 Å². The molecule has 2 bridgehead atoms. The first kappa shape index (κ1) is 10.1. The monoisotopic (exact) mass is 238 g/mol. The van der Waals surface area contributed by atoms with Crippen molar-refractivity contribution in [1.82, 2.24) is 4.98 Å². The lowest BCUT2D eigenvalue weighted by Gasteiger charge is -2.42. The van der Waals surface area contributed by atoms with E-state index in [0.717, 1.165) is 17.5 Å². The molecule has 0 unspecified atom stereocenters. The van der Waals surface area contributed by atoms with Gasteiger partial charge in [-0.1, -0.05) is 24.3 Å². The van der Waals surface area contributed by atoms with Crippen molar-refractivity contribution in [2.45, 2.75) is 25.0 Å². The molecule has 1 aromatic heterocycles. The topological polar surface area (TPSA) is 25.4 Å². The van der Waals surface area contributed by atoms with E-state index in [1.165, 1.54) is 11.8 Å². The standard InChI is InChI=1S/C15H14N2O/c1-2-11-10-16-9-8-14(11)15(3-1)17-12-4-6-13(18-17)7-5-12/h1-4,6,8-10,12-13H,5,7H2/t12-,13+/m0/s1. The number of nitrogens with zero attached hydrogens (tertiary/aromatic N) is 2. The van der Waals surface area contributed by atoms with E-state index < -0.39 is 0 Å². The Hall–Kier alpha value is -1.87. The van der Waals surface area contributed by atoms with Crippen LogP contribution in [0.1, 0.15) is 12.8 Å². The van der Waals surface area contributed by atoms with Gasteiger partial charge >= 0.3 is 0 Å². The van der Waals surface area contributed by atoms with E-state index in [0.29, 0.717) is 6.04 Å². The summed E-state index contributed by atoms with van der Waals surface area (Å²) in [5.41, 5.74) is 1.15. The Morgan fingerprint density at radius 2 is 2.17 bits per heavy atom. The van der Waals surface area contributed by atoms with Crippen LogP contribution in [0.5, 0.6) is 0 Å². The normalized spacial score (nSPS) is 25.9. The first-order valence-electron chi connectivity index (χ1n) is 6.39. The maximum atomic E-state index is 6.01. The molecular formula is C15H14N2O. The summed E-state index contributed by atoms with van der Waals surface area (Å²) >= 11 is 0. The molecule has 0 saturated carbocycles. The lowest BCUT2D eigenvalue weighted by atomic mass is 9.97. The summed E-state index contributed by atoms with van der Waals surface area (Å²) in [5, 5.41) is 4.42. The highest BCUT2D eigenvalue weighted by molar-refractivity contribution is 5.93. The Morgan fingerprint density at radius 3 is 2.94 bits per heavy atom. The lowest BCUT2D eigenvalue weighted by molar-refractivity contribution is 0.00401. The molecule has 1 aromatic carbocycles. The number of hydrogen-bond acceptors (Lipinski definition) is 3. The van der Waals surface area contributed by atoms with Gasteiger partial charge < -0.3 is 0 Å². The second-order valence-electron chi connectivity index (χ2n) is 4.87. The van der Waals surface area contributed by atoms with Crippen LogP contribution in [0.2, 0.25) is 0 Å². The number of hydroxylamine groups is 1. The van der Waals surface area contributed by atoms with Gasteiger partial charge in [0.05, 0.1) is 11.7 Å². The van der Waals surface area contributed by atoms with Gasteiger partial charge in [-0.2, -0.15) is 0 Å². The highest BCUT2D eigenvalue weighted by Crippen LogP contribution is 2.35. The van der Waals surface area contributed by atoms with Crippen LogP contribution in [0.3, 0.4) is 0 Å². The van der Waals surface area contributed by atoms with E-state index in [-0.39, 0.29) is 6.10 Å². The van der Waals surface area contributed by atoms with Crippen molar-refractivity contribution in [2.75, 3.05) is 5.06 Å². The molecule has 18 heavy (non-hydrogen) atoms. The van der Waals surface area contributed by atoms with Gasteiger partial charge in [0.25, 0.3) is 0 Å². The van der Waals surface area contributed by atoms with Crippen LogP contribution in [-0.2, 0) is 4.84 Å². The lowest BCUT2D eigenvalue weighted by Crippen LogP contribution is -2.45. The number of benzene rings is 1.